The largest absolute Gasteiger partial charge is 0.396 e. The second-order valence-electron chi connectivity index (χ2n) is 6.27. The van der Waals surface area contributed by atoms with Crippen molar-refractivity contribution in [1.29, 1.82) is 0 Å². The minimum Gasteiger partial charge on any atom is -0.396 e. The molecule has 2 heteroatoms. The average molecular weight is 244 g/mol. The SMILES string of the molecule is C[N+](C)(C)CCCCCCCCCCCCO. The number of hydrogen-bond acceptors (Lipinski definition) is 1. The predicted octanol–water partition coefficient (Wildman–Crippen LogP) is 3.59. The van der Waals surface area contributed by atoms with E-state index in [2.05, 4.69) is 21.1 Å². The fraction of sp³-hybridized carbons (Fsp3) is 1.00. The quantitative estimate of drug-likeness (QED) is 0.411. The molecule has 0 atom stereocenters. The van der Waals surface area contributed by atoms with Gasteiger partial charge in [-0.3, -0.25) is 0 Å². The Bertz CT molecular complexity index is 151. The van der Waals surface area contributed by atoms with Gasteiger partial charge in [0.05, 0.1) is 27.7 Å². The molecule has 0 heterocycles. The first kappa shape index (κ1) is 16.9. The Labute approximate surface area is 109 Å². The van der Waals surface area contributed by atoms with Crippen LogP contribution in [0.3, 0.4) is 0 Å². The summed E-state index contributed by atoms with van der Waals surface area (Å²) >= 11 is 0. The summed E-state index contributed by atoms with van der Waals surface area (Å²) in [5.41, 5.74) is 0. The van der Waals surface area contributed by atoms with Gasteiger partial charge in [0, 0.05) is 6.61 Å². The van der Waals surface area contributed by atoms with Gasteiger partial charge in [-0.1, -0.05) is 44.9 Å². The summed E-state index contributed by atoms with van der Waals surface area (Å²) in [6.07, 6.45) is 13.3. The van der Waals surface area contributed by atoms with Gasteiger partial charge in [0.25, 0.3) is 0 Å². The van der Waals surface area contributed by atoms with E-state index < -0.39 is 0 Å². The number of quaternary nitrogens is 1. The lowest BCUT2D eigenvalue weighted by molar-refractivity contribution is -0.870. The molecule has 0 bridgehead atoms. The van der Waals surface area contributed by atoms with Crippen molar-refractivity contribution in [2.45, 2.75) is 64.2 Å². The molecule has 0 saturated carbocycles. The molecule has 0 amide bonds. The van der Waals surface area contributed by atoms with E-state index in [0.717, 1.165) is 10.9 Å². The van der Waals surface area contributed by atoms with Crippen LogP contribution in [0, 0.1) is 0 Å². The van der Waals surface area contributed by atoms with Crippen molar-refractivity contribution in [3.8, 4) is 0 Å². The van der Waals surface area contributed by atoms with Gasteiger partial charge in [-0.15, -0.1) is 0 Å². The second-order valence-corrected chi connectivity index (χ2v) is 6.27. The molecule has 0 unspecified atom stereocenters. The molecule has 0 rings (SSSR count). The van der Waals surface area contributed by atoms with Crippen molar-refractivity contribution >= 4 is 0 Å². The number of unbranched alkanes of at least 4 members (excludes halogenated alkanes) is 9. The molecular weight excluding hydrogens is 210 g/mol. The zero-order valence-electron chi connectivity index (χ0n) is 12.4. The third-order valence-corrected chi connectivity index (χ3v) is 3.24. The normalized spacial score (nSPS) is 12.0. The highest BCUT2D eigenvalue weighted by atomic mass is 16.2. The van der Waals surface area contributed by atoms with Crippen molar-refractivity contribution in [2.24, 2.45) is 0 Å². The third kappa shape index (κ3) is 15.9. The topological polar surface area (TPSA) is 20.2 Å². The number of nitrogens with zero attached hydrogens (tertiary/aromatic N) is 1. The predicted molar refractivity (Wildman–Crippen MR) is 76.2 cm³/mol. The lowest BCUT2D eigenvalue weighted by Gasteiger charge is -2.23. The molecule has 104 valence electrons. The van der Waals surface area contributed by atoms with Crippen molar-refractivity contribution in [3.63, 3.8) is 0 Å². The summed E-state index contributed by atoms with van der Waals surface area (Å²) in [5.74, 6) is 0. The summed E-state index contributed by atoms with van der Waals surface area (Å²) in [7, 11) is 6.81. The van der Waals surface area contributed by atoms with Gasteiger partial charge < -0.3 is 9.59 Å². The van der Waals surface area contributed by atoms with Crippen molar-refractivity contribution in [1.82, 2.24) is 0 Å². The Morgan fingerprint density at radius 1 is 0.588 bits per heavy atom. The van der Waals surface area contributed by atoms with Crippen LogP contribution in [0.2, 0.25) is 0 Å². The van der Waals surface area contributed by atoms with E-state index in [0.29, 0.717) is 6.61 Å². The van der Waals surface area contributed by atoms with Crippen molar-refractivity contribution < 1.29 is 9.59 Å². The molecule has 0 aromatic heterocycles. The maximum Gasteiger partial charge on any atom is 0.0780 e. The van der Waals surface area contributed by atoms with E-state index in [1.54, 1.807) is 0 Å². The standard InChI is InChI=1S/C15H34NO/c1-16(2,3)14-12-10-8-6-4-5-7-9-11-13-15-17/h17H,4-15H2,1-3H3/q+1. The third-order valence-electron chi connectivity index (χ3n) is 3.24. The summed E-state index contributed by atoms with van der Waals surface area (Å²) in [6, 6.07) is 0. The van der Waals surface area contributed by atoms with E-state index >= 15 is 0 Å². The first-order valence-electron chi connectivity index (χ1n) is 7.47. The van der Waals surface area contributed by atoms with Crippen LogP contribution in [-0.4, -0.2) is 43.9 Å². The van der Waals surface area contributed by atoms with Crippen LogP contribution in [0.1, 0.15) is 64.2 Å². The summed E-state index contributed by atoms with van der Waals surface area (Å²) in [5, 5.41) is 8.65. The zero-order chi connectivity index (χ0) is 13.0. The van der Waals surface area contributed by atoms with Crippen LogP contribution in [0.4, 0.5) is 0 Å². The van der Waals surface area contributed by atoms with Gasteiger partial charge in [-0.05, 0) is 19.3 Å². The molecular formula is C15H34NO+. The van der Waals surface area contributed by atoms with Crippen LogP contribution in [0.5, 0.6) is 0 Å². The molecule has 0 aliphatic carbocycles. The second kappa shape index (κ2) is 11.0. The van der Waals surface area contributed by atoms with E-state index in [4.69, 9.17) is 5.11 Å². The minimum absolute atomic E-state index is 0.367. The van der Waals surface area contributed by atoms with Crippen LogP contribution in [0.25, 0.3) is 0 Å². The van der Waals surface area contributed by atoms with E-state index in [9.17, 15) is 0 Å². The molecule has 17 heavy (non-hydrogen) atoms. The van der Waals surface area contributed by atoms with E-state index in [-0.39, 0.29) is 0 Å². The monoisotopic (exact) mass is 244 g/mol. The Kier molecular flexibility index (Phi) is 11.0. The number of hydrogen-bond donors (Lipinski definition) is 1. The minimum atomic E-state index is 0.367. The summed E-state index contributed by atoms with van der Waals surface area (Å²) in [4.78, 5) is 0. The summed E-state index contributed by atoms with van der Waals surface area (Å²) in [6.45, 7) is 1.67. The molecule has 0 aliphatic rings. The highest BCUT2D eigenvalue weighted by Crippen LogP contribution is 2.11. The van der Waals surface area contributed by atoms with Gasteiger partial charge >= 0.3 is 0 Å². The van der Waals surface area contributed by atoms with Gasteiger partial charge in [0.2, 0.25) is 0 Å². The lowest BCUT2D eigenvalue weighted by Crippen LogP contribution is -2.35. The Hall–Kier alpha value is -0.0800. The molecule has 1 N–H and O–H groups in total. The molecule has 0 aromatic carbocycles. The number of aliphatic hydroxyl groups excluding tert-OH is 1. The molecule has 0 fully saturated rings. The maximum atomic E-state index is 8.65. The highest BCUT2D eigenvalue weighted by Gasteiger charge is 2.04. The number of rotatable bonds is 12. The first-order chi connectivity index (χ1) is 8.06. The fourth-order valence-electron chi connectivity index (χ4n) is 2.11. The average Bonchev–Trinajstić information content (AvgIpc) is 2.24. The fourth-order valence-corrected chi connectivity index (χ4v) is 2.11. The lowest BCUT2D eigenvalue weighted by atomic mass is 10.1. The van der Waals surface area contributed by atoms with Crippen LogP contribution < -0.4 is 0 Å². The van der Waals surface area contributed by atoms with Gasteiger partial charge in [-0.2, -0.15) is 0 Å². The van der Waals surface area contributed by atoms with Crippen LogP contribution >= 0.6 is 0 Å². The number of aliphatic hydroxyl groups is 1. The van der Waals surface area contributed by atoms with Crippen molar-refractivity contribution in [2.75, 3.05) is 34.3 Å². The maximum absolute atomic E-state index is 8.65. The Morgan fingerprint density at radius 3 is 1.29 bits per heavy atom. The first-order valence-corrected chi connectivity index (χ1v) is 7.47. The molecule has 0 aromatic rings. The summed E-state index contributed by atoms with van der Waals surface area (Å²) < 4.78 is 1.10. The molecule has 2 nitrogen and oxygen atoms in total. The molecule has 0 spiro atoms. The zero-order valence-corrected chi connectivity index (χ0v) is 12.4. The van der Waals surface area contributed by atoms with Gasteiger partial charge in [0.15, 0.2) is 0 Å². The van der Waals surface area contributed by atoms with E-state index in [1.807, 2.05) is 0 Å². The van der Waals surface area contributed by atoms with Gasteiger partial charge in [0.1, 0.15) is 0 Å². The molecule has 0 radical (unpaired) electrons. The van der Waals surface area contributed by atoms with Gasteiger partial charge in [-0.25, -0.2) is 0 Å². The highest BCUT2D eigenvalue weighted by molar-refractivity contribution is 4.47. The Morgan fingerprint density at radius 2 is 0.941 bits per heavy atom. The molecule has 0 saturated heterocycles. The molecule has 0 aliphatic heterocycles. The Balaban J connectivity index is 2.99. The van der Waals surface area contributed by atoms with Crippen molar-refractivity contribution in [3.05, 3.63) is 0 Å². The van der Waals surface area contributed by atoms with Crippen LogP contribution in [0.15, 0.2) is 0 Å². The van der Waals surface area contributed by atoms with E-state index in [1.165, 1.54) is 64.3 Å². The smallest absolute Gasteiger partial charge is 0.0780 e. The van der Waals surface area contributed by atoms with Crippen LogP contribution in [-0.2, 0) is 0 Å².